The van der Waals surface area contributed by atoms with Crippen LogP contribution in [0.4, 0.5) is 0 Å². The largest absolute Gasteiger partial charge is 0.222 e. The second-order valence-electron chi connectivity index (χ2n) is 0.101. The zero-order chi connectivity index (χ0) is 2.71. The van der Waals surface area contributed by atoms with Crippen molar-refractivity contribution in [2.24, 2.45) is 0 Å². The molecular formula is H8Cl4Si2. The Morgan fingerprint density at radius 2 is 1.00 bits per heavy atom. The number of hydrogen-bond donors (Lipinski definition) is 0. The van der Waals surface area contributed by atoms with Crippen LogP contribution in [0.1, 0.15) is 0 Å². The Labute approximate surface area is 66.0 Å². The fourth-order valence-corrected chi connectivity index (χ4v) is 0. The summed E-state index contributed by atoms with van der Waals surface area (Å²) in [6, 6.07) is 0. The maximum atomic E-state index is 4.90. The first-order valence-corrected chi connectivity index (χ1v) is 4.81. The maximum Gasteiger partial charge on any atom is 0.222 e. The molecule has 0 saturated heterocycles. The predicted molar refractivity (Wildman–Crippen MR) is 46.1 cm³/mol. The highest BCUT2D eigenvalue weighted by atomic mass is 35.7. The standard InChI is InChI=1S/Cl2H2Si.2ClH.H4Si/c1-3-2;;;/h3H2;2*1H;1H4. The summed E-state index contributed by atoms with van der Waals surface area (Å²) in [5.41, 5.74) is 0. The monoisotopic (exact) mass is 204 g/mol. The van der Waals surface area contributed by atoms with E-state index < -0.39 is 8.14 Å². The van der Waals surface area contributed by atoms with Gasteiger partial charge in [-0.25, -0.2) is 0 Å². The molecule has 0 aromatic carbocycles. The SMILES string of the molecule is Cl.Cl.Cl[SiH2]Cl.[SiH4]. The molecule has 0 nitrogen and oxygen atoms in total. The van der Waals surface area contributed by atoms with Gasteiger partial charge in [-0.15, -0.1) is 24.8 Å². The van der Waals surface area contributed by atoms with Crippen LogP contribution in [0, 0.1) is 0 Å². The Kier molecular flexibility index (Phi) is 131. The normalized spacial score (nSPS) is 3.00. The van der Waals surface area contributed by atoms with E-state index >= 15 is 0 Å². The van der Waals surface area contributed by atoms with Gasteiger partial charge in [0.15, 0.2) is 0 Å². The molecule has 0 aliphatic heterocycles. The lowest BCUT2D eigenvalue weighted by atomic mass is 27.8. The Balaban J connectivity index is -0.00000000667. The van der Waals surface area contributed by atoms with Gasteiger partial charge in [-0.1, -0.05) is 0 Å². The minimum absolute atomic E-state index is 0. The Bertz CT molecular complexity index is 5.51. The van der Waals surface area contributed by atoms with Crippen molar-refractivity contribution in [3.05, 3.63) is 0 Å². The number of rotatable bonds is 0. The molecule has 0 unspecified atom stereocenters. The van der Waals surface area contributed by atoms with E-state index in [0.29, 0.717) is 0 Å². The first-order chi connectivity index (χ1) is 1.41. The first kappa shape index (κ1) is 25.6. The zero-order valence-electron chi connectivity index (χ0n) is 2.28. The fraction of sp³-hybridized carbons (Fsp3) is 0. The van der Waals surface area contributed by atoms with Crippen molar-refractivity contribution in [2.75, 3.05) is 0 Å². The lowest BCUT2D eigenvalue weighted by molar-refractivity contribution is 4.39. The molecule has 0 spiro atoms. The van der Waals surface area contributed by atoms with Crippen LogP contribution in [-0.2, 0) is 0 Å². The highest BCUT2D eigenvalue weighted by Crippen LogP contribution is 1.67. The minimum atomic E-state index is -0.639. The Hall–Kier alpha value is 1.59. The molecule has 0 aromatic rings. The summed E-state index contributed by atoms with van der Waals surface area (Å²) in [5, 5.41) is 0. The van der Waals surface area contributed by atoms with Crippen LogP contribution in [0.3, 0.4) is 0 Å². The van der Waals surface area contributed by atoms with E-state index in [9.17, 15) is 0 Å². The third kappa shape index (κ3) is 46.5. The van der Waals surface area contributed by atoms with Crippen molar-refractivity contribution in [3.63, 3.8) is 0 Å². The molecule has 0 N–H and O–H groups in total. The molecule has 0 aliphatic carbocycles. The molecule has 0 bridgehead atoms. The van der Waals surface area contributed by atoms with Crippen LogP contribution in [0.15, 0.2) is 0 Å². The Morgan fingerprint density at radius 3 is 1.00 bits per heavy atom. The third-order valence-electron chi connectivity index (χ3n) is 0. The summed E-state index contributed by atoms with van der Waals surface area (Å²) >= 11 is 9.81. The van der Waals surface area contributed by atoms with Gasteiger partial charge in [0.25, 0.3) is 0 Å². The van der Waals surface area contributed by atoms with Crippen molar-refractivity contribution in [2.45, 2.75) is 0 Å². The van der Waals surface area contributed by atoms with E-state index in [1.165, 1.54) is 0 Å². The summed E-state index contributed by atoms with van der Waals surface area (Å²) in [7, 11) is -0.639. The minimum Gasteiger partial charge on any atom is -0.155 e. The van der Waals surface area contributed by atoms with Crippen LogP contribution in [0.2, 0.25) is 0 Å². The first-order valence-electron chi connectivity index (χ1n) is 0.535. The van der Waals surface area contributed by atoms with E-state index in [-0.39, 0.29) is 35.8 Å². The van der Waals surface area contributed by atoms with E-state index in [1.54, 1.807) is 0 Å². The van der Waals surface area contributed by atoms with Crippen molar-refractivity contribution >= 4 is 66.1 Å². The second-order valence-corrected chi connectivity index (χ2v) is 2.73. The van der Waals surface area contributed by atoms with E-state index in [4.69, 9.17) is 22.2 Å². The van der Waals surface area contributed by atoms with Crippen molar-refractivity contribution in [1.82, 2.24) is 0 Å². The van der Waals surface area contributed by atoms with Gasteiger partial charge in [-0.3, -0.25) is 0 Å². The van der Waals surface area contributed by atoms with E-state index in [2.05, 4.69) is 0 Å². The van der Waals surface area contributed by atoms with Gasteiger partial charge in [0, 0.05) is 0 Å². The molecule has 0 heterocycles. The Morgan fingerprint density at radius 1 is 1.00 bits per heavy atom. The van der Waals surface area contributed by atoms with Gasteiger partial charge in [0.2, 0.25) is 8.14 Å². The molecule has 0 rings (SSSR count). The van der Waals surface area contributed by atoms with Gasteiger partial charge in [-0.2, -0.15) is 22.2 Å². The molecule has 0 amide bonds. The van der Waals surface area contributed by atoms with Crippen molar-refractivity contribution in [3.8, 4) is 0 Å². The highest BCUT2D eigenvalue weighted by molar-refractivity contribution is 7.22. The van der Waals surface area contributed by atoms with Crippen LogP contribution in [0.5, 0.6) is 0 Å². The van der Waals surface area contributed by atoms with Gasteiger partial charge in [0.05, 0.1) is 0 Å². The summed E-state index contributed by atoms with van der Waals surface area (Å²) < 4.78 is 0. The van der Waals surface area contributed by atoms with Gasteiger partial charge in [-0.05, 0) is 11.0 Å². The molecule has 6 heteroatoms. The van der Waals surface area contributed by atoms with E-state index in [1.807, 2.05) is 0 Å². The molecule has 0 aliphatic rings. The van der Waals surface area contributed by atoms with Crippen LogP contribution in [0.25, 0.3) is 0 Å². The average Bonchev–Trinajstić information content (AvgIpc) is 0.918. The molecule has 0 aromatic heterocycles. The van der Waals surface area contributed by atoms with Gasteiger partial charge in [0.1, 0.15) is 0 Å². The summed E-state index contributed by atoms with van der Waals surface area (Å²) in [6.07, 6.45) is 0. The molecule has 44 valence electrons. The molecular weight excluding hydrogens is 198 g/mol. The summed E-state index contributed by atoms with van der Waals surface area (Å²) in [4.78, 5) is 0. The third-order valence-corrected chi connectivity index (χ3v) is 0. The smallest absolute Gasteiger partial charge is 0.155 e. The van der Waals surface area contributed by atoms with Gasteiger partial charge < -0.3 is 0 Å². The fourth-order valence-electron chi connectivity index (χ4n) is 0. The van der Waals surface area contributed by atoms with Crippen LogP contribution >= 0.6 is 47.0 Å². The molecule has 6 heavy (non-hydrogen) atoms. The molecule has 0 atom stereocenters. The van der Waals surface area contributed by atoms with Crippen LogP contribution in [-0.4, -0.2) is 19.1 Å². The van der Waals surface area contributed by atoms with Crippen molar-refractivity contribution < 1.29 is 0 Å². The molecule has 0 radical (unpaired) electrons. The summed E-state index contributed by atoms with van der Waals surface area (Å²) in [6.45, 7) is 0. The van der Waals surface area contributed by atoms with Crippen LogP contribution < -0.4 is 0 Å². The molecule has 0 fully saturated rings. The highest BCUT2D eigenvalue weighted by Gasteiger charge is 1.46. The molecule has 0 saturated carbocycles. The lowest BCUT2D eigenvalue weighted by Gasteiger charge is -1.39. The average molecular weight is 206 g/mol. The summed E-state index contributed by atoms with van der Waals surface area (Å²) in [5.74, 6) is 0. The topological polar surface area (TPSA) is 0 Å². The number of halogens is 4. The second kappa shape index (κ2) is 30.7. The predicted octanol–water partition coefficient (Wildman–Crippen LogP) is -0.145. The number of hydrogen-bond acceptors (Lipinski definition) is 0. The van der Waals surface area contributed by atoms with Gasteiger partial charge >= 0.3 is 0 Å². The van der Waals surface area contributed by atoms with Crippen molar-refractivity contribution in [1.29, 1.82) is 0 Å². The van der Waals surface area contributed by atoms with E-state index in [0.717, 1.165) is 0 Å². The zero-order valence-corrected chi connectivity index (χ0v) is 6.84. The lowest BCUT2D eigenvalue weighted by Crippen LogP contribution is -1.36. The maximum absolute atomic E-state index is 4.90. The quantitative estimate of drug-likeness (QED) is 0.382.